The molecule has 0 saturated heterocycles. The molecular weight excluding hydrogens is 279 g/mol. The Morgan fingerprint density at radius 3 is 2.50 bits per heavy atom. The molecule has 0 heterocycles. The van der Waals surface area contributed by atoms with Gasteiger partial charge in [0.25, 0.3) is 0 Å². The smallest absolute Gasteiger partial charge is 0.185 e. The largest absolute Gasteiger partial charge is 0.417 e. The summed E-state index contributed by atoms with van der Waals surface area (Å²) in [6, 6.07) is 3.69. The van der Waals surface area contributed by atoms with Crippen molar-refractivity contribution in [2.75, 3.05) is 0 Å². The number of thiocyanates is 1. The molecule has 0 aromatic heterocycles. The van der Waals surface area contributed by atoms with Gasteiger partial charge in [-0.05, 0) is 30.0 Å². The zero-order valence-electron chi connectivity index (χ0n) is 6.60. The van der Waals surface area contributed by atoms with Gasteiger partial charge in [0.1, 0.15) is 5.40 Å². The highest BCUT2D eigenvalue weighted by molar-refractivity contribution is 9.10. The maximum Gasteiger partial charge on any atom is 0.417 e. The first-order chi connectivity index (χ1) is 6.45. The summed E-state index contributed by atoms with van der Waals surface area (Å²) < 4.78 is 37.6. The van der Waals surface area contributed by atoms with Gasteiger partial charge in [-0.1, -0.05) is 15.9 Å². The number of rotatable bonds is 1. The second-order valence-corrected chi connectivity index (χ2v) is 4.07. The van der Waals surface area contributed by atoms with Crippen LogP contribution >= 0.6 is 27.7 Å². The molecule has 0 aliphatic rings. The van der Waals surface area contributed by atoms with E-state index >= 15 is 0 Å². The summed E-state index contributed by atoms with van der Waals surface area (Å²) in [7, 11) is 0. The van der Waals surface area contributed by atoms with Gasteiger partial charge in [0.05, 0.1) is 5.56 Å². The van der Waals surface area contributed by atoms with Gasteiger partial charge in [0.2, 0.25) is 0 Å². The lowest BCUT2D eigenvalue weighted by Crippen LogP contribution is -2.06. The molecule has 74 valence electrons. The molecule has 1 aromatic rings. The minimum atomic E-state index is -4.43. The van der Waals surface area contributed by atoms with E-state index in [4.69, 9.17) is 5.26 Å². The van der Waals surface area contributed by atoms with E-state index in [2.05, 4.69) is 15.9 Å². The van der Waals surface area contributed by atoms with E-state index in [9.17, 15) is 13.2 Å². The standard InChI is InChI=1S/C8H3BrF3NS/c9-5-1-2-7(14-4-13)6(3-5)8(10,11)12/h1-3H. The van der Waals surface area contributed by atoms with Crippen LogP contribution in [0.15, 0.2) is 27.6 Å². The number of benzene rings is 1. The number of hydrogen-bond acceptors (Lipinski definition) is 2. The highest BCUT2D eigenvalue weighted by Gasteiger charge is 2.33. The molecule has 14 heavy (non-hydrogen) atoms. The van der Waals surface area contributed by atoms with Crippen LogP contribution in [0.5, 0.6) is 0 Å². The Morgan fingerprint density at radius 2 is 2.00 bits per heavy atom. The van der Waals surface area contributed by atoms with Crippen LogP contribution in [0.25, 0.3) is 0 Å². The Hall–Kier alpha value is -0.670. The van der Waals surface area contributed by atoms with E-state index in [1.54, 1.807) is 5.40 Å². The Balaban J connectivity index is 3.24. The highest BCUT2D eigenvalue weighted by atomic mass is 79.9. The van der Waals surface area contributed by atoms with Gasteiger partial charge >= 0.3 is 6.18 Å². The topological polar surface area (TPSA) is 23.8 Å². The predicted octanol–water partition coefficient (Wildman–Crippen LogP) is 4.04. The molecule has 0 amide bonds. The SMILES string of the molecule is N#CSc1ccc(Br)cc1C(F)(F)F. The molecule has 0 saturated carbocycles. The van der Waals surface area contributed by atoms with Crippen molar-refractivity contribution in [2.45, 2.75) is 11.1 Å². The van der Waals surface area contributed by atoms with Gasteiger partial charge in [0.15, 0.2) is 0 Å². The normalized spacial score (nSPS) is 11.1. The average molecular weight is 282 g/mol. The van der Waals surface area contributed by atoms with Gasteiger partial charge in [-0.15, -0.1) is 0 Å². The van der Waals surface area contributed by atoms with Crippen molar-refractivity contribution in [3.63, 3.8) is 0 Å². The van der Waals surface area contributed by atoms with Gasteiger partial charge in [-0.2, -0.15) is 18.4 Å². The molecule has 1 nitrogen and oxygen atoms in total. The first-order valence-electron chi connectivity index (χ1n) is 3.38. The number of hydrogen-bond donors (Lipinski definition) is 0. The van der Waals surface area contributed by atoms with Gasteiger partial charge in [-0.3, -0.25) is 0 Å². The Morgan fingerprint density at radius 1 is 1.36 bits per heavy atom. The lowest BCUT2D eigenvalue weighted by Gasteiger charge is -2.10. The Bertz CT molecular complexity index is 383. The third kappa shape index (κ3) is 2.66. The number of nitriles is 1. The predicted molar refractivity (Wildman–Crippen MR) is 50.6 cm³/mol. The minimum Gasteiger partial charge on any atom is -0.185 e. The lowest BCUT2D eigenvalue weighted by molar-refractivity contribution is -0.139. The molecule has 0 radical (unpaired) electrons. The average Bonchev–Trinajstić information content (AvgIpc) is 2.07. The summed E-state index contributed by atoms with van der Waals surface area (Å²) in [5.41, 5.74) is -0.793. The summed E-state index contributed by atoms with van der Waals surface area (Å²) in [6.07, 6.45) is -4.43. The Kier molecular flexibility index (Phi) is 3.45. The second-order valence-electron chi connectivity index (χ2n) is 2.33. The van der Waals surface area contributed by atoms with Crippen molar-refractivity contribution >= 4 is 27.7 Å². The molecule has 0 spiro atoms. The van der Waals surface area contributed by atoms with E-state index < -0.39 is 11.7 Å². The zero-order chi connectivity index (χ0) is 10.8. The van der Waals surface area contributed by atoms with Crippen LogP contribution in [0.4, 0.5) is 13.2 Å². The monoisotopic (exact) mass is 281 g/mol. The fourth-order valence-corrected chi connectivity index (χ4v) is 1.74. The van der Waals surface area contributed by atoms with Crippen molar-refractivity contribution in [3.8, 4) is 5.40 Å². The molecule has 1 rings (SSSR count). The van der Waals surface area contributed by atoms with Gasteiger partial charge in [-0.25, -0.2) is 0 Å². The highest BCUT2D eigenvalue weighted by Crippen LogP contribution is 2.37. The Labute approximate surface area is 91.0 Å². The van der Waals surface area contributed by atoms with E-state index in [0.717, 1.165) is 6.07 Å². The van der Waals surface area contributed by atoms with Crippen LogP contribution in [-0.4, -0.2) is 0 Å². The number of thioether (sulfide) groups is 1. The number of alkyl halides is 3. The first kappa shape index (κ1) is 11.4. The molecule has 0 unspecified atom stereocenters. The van der Waals surface area contributed by atoms with Crippen molar-refractivity contribution < 1.29 is 13.2 Å². The zero-order valence-corrected chi connectivity index (χ0v) is 9.00. The molecular formula is C8H3BrF3NS. The quantitative estimate of drug-likeness (QED) is 0.573. The van der Waals surface area contributed by atoms with Crippen LogP contribution in [0.3, 0.4) is 0 Å². The fraction of sp³-hybridized carbons (Fsp3) is 0.125. The van der Waals surface area contributed by atoms with Crippen LogP contribution in [0.2, 0.25) is 0 Å². The maximum absolute atomic E-state index is 12.4. The molecule has 6 heteroatoms. The van der Waals surface area contributed by atoms with E-state index in [-0.39, 0.29) is 4.90 Å². The van der Waals surface area contributed by atoms with E-state index in [0.29, 0.717) is 16.2 Å². The second kappa shape index (κ2) is 4.24. The molecule has 0 aliphatic heterocycles. The van der Waals surface area contributed by atoms with Crippen molar-refractivity contribution in [3.05, 3.63) is 28.2 Å². The van der Waals surface area contributed by atoms with Gasteiger partial charge in [0, 0.05) is 9.37 Å². The summed E-state index contributed by atoms with van der Waals surface area (Å²) in [6.45, 7) is 0. The molecule has 1 aromatic carbocycles. The number of halogens is 4. The van der Waals surface area contributed by atoms with E-state index in [1.807, 2.05) is 0 Å². The summed E-state index contributed by atoms with van der Waals surface area (Å²) in [5.74, 6) is 0. The third-order valence-electron chi connectivity index (χ3n) is 1.40. The third-order valence-corrected chi connectivity index (χ3v) is 2.56. The van der Waals surface area contributed by atoms with Gasteiger partial charge < -0.3 is 0 Å². The molecule has 0 aliphatic carbocycles. The van der Waals surface area contributed by atoms with Crippen molar-refractivity contribution in [1.29, 1.82) is 5.26 Å². The fourth-order valence-electron chi connectivity index (χ4n) is 0.862. The molecule has 0 atom stereocenters. The minimum absolute atomic E-state index is 0.0804. The van der Waals surface area contributed by atoms with Crippen LogP contribution in [0.1, 0.15) is 5.56 Å². The summed E-state index contributed by atoms with van der Waals surface area (Å²) >= 11 is 3.45. The molecule has 0 N–H and O–H groups in total. The summed E-state index contributed by atoms with van der Waals surface area (Å²) in [5, 5.41) is 9.93. The van der Waals surface area contributed by atoms with E-state index in [1.165, 1.54) is 12.1 Å². The van der Waals surface area contributed by atoms with Crippen LogP contribution < -0.4 is 0 Å². The van der Waals surface area contributed by atoms with Crippen LogP contribution in [-0.2, 0) is 6.18 Å². The lowest BCUT2D eigenvalue weighted by atomic mass is 10.2. The maximum atomic E-state index is 12.4. The number of nitrogens with zero attached hydrogens (tertiary/aromatic N) is 1. The first-order valence-corrected chi connectivity index (χ1v) is 4.99. The summed E-state index contributed by atoms with van der Waals surface area (Å²) in [4.78, 5) is -0.0804. The van der Waals surface area contributed by atoms with Crippen molar-refractivity contribution in [2.24, 2.45) is 0 Å². The molecule has 0 bridgehead atoms. The van der Waals surface area contributed by atoms with Crippen LogP contribution in [0, 0.1) is 10.7 Å². The molecule has 0 fully saturated rings. The van der Waals surface area contributed by atoms with Crippen molar-refractivity contribution in [1.82, 2.24) is 0 Å².